The Bertz CT molecular complexity index is 1080. The number of rotatable bonds is 8. The Labute approximate surface area is 172 Å². The summed E-state index contributed by atoms with van der Waals surface area (Å²) in [5.74, 6) is -2.25. The predicted octanol–water partition coefficient (Wildman–Crippen LogP) is 1.57. The molecule has 8 heteroatoms. The number of nitrogens with two attached hydrogens (primary N) is 1. The molecule has 0 bridgehead atoms. The van der Waals surface area contributed by atoms with E-state index >= 15 is 0 Å². The maximum absolute atomic E-state index is 14.0. The molecule has 0 unspecified atom stereocenters. The van der Waals surface area contributed by atoms with Gasteiger partial charge in [-0.2, -0.15) is 0 Å². The van der Waals surface area contributed by atoms with Crippen LogP contribution in [0.5, 0.6) is 0 Å². The Kier molecular flexibility index (Phi) is 6.46. The molecule has 3 rings (SSSR count). The summed E-state index contributed by atoms with van der Waals surface area (Å²) < 4.78 is 14.0. The number of amides is 3. The molecule has 30 heavy (non-hydrogen) atoms. The van der Waals surface area contributed by atoms with E-state index in [1.165, 1.54) is 25.1 Å². The van der Waals surface area contributed by atoms with Gasteiger partial charge in [-0.1, -0.05) is 36.4 Å². The van der Waals surface area contributed by atoms with Crippen LogP contribution in [0.4, 0.5) is 4.39 Å². The Balaban J connectivity index is 1.78. The first-order chi connectivity index (χ1) is 14.3. The van der Waals surface area contributed by atoms with E-state index < -0.39 is 35.6 Å². The van der Waals surface area contributed by atoms with E-state index in [4.69, 9.17) is 5.73 Å². The quantitative estimate of drug-likeness (QED) is 0.451. The van der Waals surface area contributed by atoms with Crippen molar-refractivity contribution >= 4 is 28.6 Å². The van der Waals surface area contributed by atoms with Crippen molar-refractivity contribution in [1.29, 1.82) is 0 Å². The van der Waals surface area contributed by atoms with Crippen LogP contribution in [0.25, 0.3) is 10.9 Å². The zero-order valence-electron chi connectivity index (χ0n) is 16.4. The number of primary amides is 1. The number of halogens is 1. The summed E-state index contributed by atoms with van der Waals surface area (Å²) in [6, 6.07) is 11.5. The van der Waals surface area contributed by atoms with Gasteiger partial charge in [-0.25, -0.2) is 4.39 Å². The molecule has 0 aliphatic rings. The van der Waals surface area contributed by atoms with Crippen molar-refractivity contribution in [1.82, 2.24) is 15.6 Å². The van der Waals surface area contributed by atoms with E-state index in [1.54, 1.807) is 12.3 Å². The SMILES string of the molecule is CC(=O)N[C@@H](Cc1ccccc1F)C(=O)N[C@H](Cc1c[nH]c2ccccc12)C(N)=O. The maximum Gasteiger partial charge on any atom is 0.243 e. The van der Waals surface area contributed by atoms with Gasteiger partial charge in [0.15, 0.2) is 0 Å². The van der Waals surface area contributed by atoms with Crippen molar-refractivity contribution in [2.24, 2.45) is 5.73 Å². The number of hydrogen-bond acceptors (Lipinski definition) is 3. The summed E-state index contributed by atoms with van der Waals surface area (Å²) in [4.78, 5) is 39.5. The van der Waals surface area contributed by atoms with Crippen LogP contribution in [0.2, 0.25) is 0 Å². The third-order valence-electron chi connectivity index (χ3n) is 4.83. The van der Waals surface area contributed by atoms with Crippen LogP contribution in [0.3, 0.4) is 0 Å². The first kappa shape index (κ1) is 21.0. The normalized spacial score (nSPS) is 12.9. The van der Waals surface area contributed by atoms with Gasteiger partial charge in [0.25, 0.3) is 0 Å². The highest BCUT2D eigenvalue weighted by atomic mass is 19.1. The number of aromatic nitrogens is 1. The van der Waals surface area contributed by atoms with Crippen LogP contribution < -0.4 is 16.4 Å². The Morgan fingerprint density at radius 2 is 1.63 bits per heavy atom. The molecule has 0 saturated carbocycles. The topological polar surface area (TPSA) is 117 Å². The molecular formula is C22H23FN4O3. The molecule has 2 atom stereocenters. The number of carbonyl (C=O) groups excluding carboxylic acids is 3. The summed E-state index contributed by atoms with van der Waals surface area (Å²) in [6.07, 6.45) is 1.88. The highest BCUT2D eigenvalue weighted by molar-refractivity contribution is 5.92. The van der Waals surface area contributed by atoms with E-state index in [1.807, 2.05) is 24.3 Å². The van der Waals surface area contributed by atoms with Crippen molar-refractivity contribution < 1.29 is 18.8 Å². The lowest BCUT2D eigenvalue weighted by Gasteiger charge is -2.22. The Hall–Kier alpha value is -3.68. The molecule has 1 heterocycles. The van der Waals surface area contributed by atoms with E-state index in [9.17, 15) is 18.8 Å². The lowest BCUT2D eigenvalue weighted by molar-refractivity contribution is -0.130. The molecule has 156 valence electrons. The maximum atomic E-state index is 14.0. The molecule has 1 aromatic heterocycles. The van der Waals surface area contributed by atoms with Gasteiger partial charge in [0, 0.05) is 36.9 Å². The summed E-state index contributed by atoms with van der Waals surface area (Å²) in [5, 5.41) is 6.03. The van der Waals surface area contributed by atoms with Gasteiger partial charge in [0.2, 0.25) is 17.7 Å². The van der Waals surface area contributed by atoms with Crippen molar-refractivity contribution in [3.8, 4) is 0 Å². The highest BCUT2D eigenvalue weighted by Crippen LogP contribution is 2.19. The van der Waals surface area contributed by atoms with Crippen LogP contribution in [0.1, 0.15) is 18.1 Å². The summed E-state index contributed by atoms with van der Waals surface area (Å²) in [6.45, 7) is 1.26. The molecule has 0 fully saturated rings. The molecule has 3 amide bonds. The van der Waals surface area contributed by atoms with Gasteiger partial charge in [-0.15, -0.1) is 0 Å². The number of para-hydroxylation sites is 1. The minimum absolute atomic E-state index is 0.0589. The second-order valence-electron chi connectivity index (χ2n) is 7.08. The lowest BCUT2D eigenvalue weighted by Crippen LogP contribution is -2.54. The average Bonchev–Trinajstić information content (AvgIpc) is 3.11. The first-order valence-electron chi connectivity index (χ1n) is 9.50. The van der Waals surface area contributed by atoms with Crippen LogP contribution in [-0.4, -0.2) is 34.8 Å². The van der Waals surface area contributed by atoms with Crippen molar-refractivity contribution in [2.45, 2.75) is 31.8 Å². The van der Waals surface area contributed by atoms with Gasteiger partial charge in [0.05, 0.1) is 0 Å². The largest absolute Gasteiger partial charge is 0.368 e. The first-order valence-corrected chi connectivity index (χ1v) is 9.50. The van der Waals surface area contributed by atoms with Gasteiger partial charge in [0.1, 0.15) is 17.9 Å². The van der Waals surface area contributed by atoms with Gasteiger partial charge >= 0.3 is 0 Å². The summed E-state index contributed by atoms with van der Waals surface area (Å²) in [7, 11) is 0. The number of fused-ring (bicyclic) bond motifs is 1. The molecule has 0 radical (unpaired) electrons. The molecule has 3 aromatic rings. The third kappa shape index (κ3) is 5.02. The molecule has 5 N–H and O–H groups in total. The number of hydrogen-bond donors (Lipinski definition) is 4. The monoisotopic (exact) mass is 410 g/mol. The van der Waals surface area contributed by atoms with Gasteiger partial charge in [-0.05, 0) is 23.3 Å². The summed E-state index contributed by atoms with van der Waals surface area (Å²) in [5.41, 5.74) is 7.51. The predicted molar refractivity (Wildman–Crippen MR) is 111 cm³/mol. The van der Waals surface area contributed by atoms with Crippen LogP contribution in [0.15, 0.2) is 54.7 Å². The minimum atomic E-state index is -1.05. The molecule has 7 nitrogen and oxygen atoms in total. The zero-order chi connectivity index (χ0) is 21.7. The van der Waals surface area contributed by atoms with Gasteiger partial charge in [-0.3, -0.25) is 14.4 Å². The molecule has 0 aliphatic carbocycles. The van der Waals surface area contributed by atoms with Crippen molar-refractivity contribution in [2.75, 3.05) is 0 Å². The van der Waals surface area contributed by atoms with Crippen LogP contribution in [0, 0.1) is 5.82 Å². The van der Waals surface area contributed by atoms with E-state index in [-0.39, 0.29) is 18.4 Å². The number of nitrogens with one attached hydrogen (secondary N) is 3. The zero-order valence-corrected chi connectivity index (χ0v) is 16.4. The fraction of sp³-hybridized carbons (Fsp3) is 0.227. The smallest absolute Gasteiger partial charge is 0.243 e. The van der Waals surface area contributed by atoms with Crippen molar-refractivity contribution in [3.63, 3.8) is 0 Å². The fourth-order valence-electron chi connectivity index (χ4n) is 3.35. The number of H-pyrrole nitrogens is 1. The molecule has 0 aliphatic heterocycles. The van der Waals surface area contributed by atoms with Crippen molar-refractivity contribution in [3.05, 3.63) is 71.7 Å². The van der Waals surface area contributed by atoms with E-state index in [0.717, 1.165) is 16.5 Å². The van der Waals surface area contributed by atoms with E-state index in [2.05, 4.69) is 15.6 Å². The molecule has 0 spiro atoms. The standard InChI is InChI=1S/C22H23FN4O3/c1-13(28)26-20(10-14-6-2-4-8-17(14)23)22(30)27-19(21(24)29)11-15-12-25-18-9-5-3-7-16(15)18/h2-9,12,19-20,25H,10-11H2,1H3,(H2,24,29)(H,26,28)(H,27,30)/t19-,20+/m1/s1. The lowest BCUT2D eigenvalue weighted by atomic mass is 10.0. The number of aromatic amines is 1. The third-order valence-corrected chi connectivity index (χ3v) is 4.83. The Morgan fingerprint density at radius 3 is 2.33 bits per heavy atom. The average molecular weight is 410 g/mol. The van der Waals surface area contributed by atoms with E-state index in [0.29, 0.717) is 0 Å². The minimum Gasteiger partial charge on any atom is -0.368 e. The van der Waals surface area contributed by atoms with Crippen LogP contribution >= 0.6 is 0 Å². The number of benzene rings is 2. The second-order valence-corrected chi connectivity index (χ2v) is 7.08. The summed E-state index contributed by atoms with van der Waals surface area (Å²) >= 11 is 0. The fourth-order valence-corrected chi connectivity index (χ4v) is 3.35. The Morgan fingerprint density at radius 1 is 0.967 bits per heavy atom. The van der Waals surface area contributed by atoms with Crippen LogP contribution in [-0.2, 0) is 27.2 Å². The molecule has 0 saturated heterocycles. The number of carbonyl (C=O) groups is 3. The molecular weight excluding hydrogens is 387 g/mol. The second kappa shape index (κ2) is 9.21. The molecule has 2 aromatic carbocycles. The highest BCUT2D eigenvalue weighted by Gasteiger charge is 2.26. The van der Waals surface area contributed by atoms with Gasteiger partial charge < -0.3 is 21.4 Å².